The van der Waals surface area contributed by atoms with Crippen molar-refractivity contribution in [3.8, 4) is 0 Å². The highest BCUT2D eigenvalue weighted by Gasteiger charge is 1.99. The van der Waals surface area contributed by atoms with Gasteiger partial charge in [0.15, 0.2) is 0 Å². The van der Waals surface area contributed by atoms with Crippen LogP contribution in [-0.2, 0) is 6.54 Å². The summed E-state index contributed by atoms with van der Waals surface area (Å²) in [6.07, 6.45) is 0. The molecule has 0 saturated heterocycles. The molecule has 3 heteroatoms. The average Bonchev–Trinajstić information content (AvgIpc) is 2.57. The fourth-order valence-electron chi connectivity index (χ4n) is 1.19. The molecule has 1 heterocycles. The van der Waals surface area contributed by atoms with Crippen molar-refractivity contribution in [2.75, 3.05) is 26.7 Å². The molecule has 1 rings (SSSR count). The SMILES string of the molecule is CCNCCN(C)Cc1cccs1. The van der Waals surface area contributed by atoms with Crippen LogP contribution in [0, 0.1) is 0 Å². The third kappa shape index (κ3) is 4.41. The minimum Gasteiger partial charge on any atom is -0.316 e. The summed E-state index contributed by atoms with van der Waals surface area (Å²) in [5, 5.41) is 5.45. The second-order valence-electron chi connectivity index (χ2n) is 3.17. The van der Waals surface area contributed by atoms with Crippen LogP contribution in [-0.4, -0.2) is 31.6 Å². The zero-order chi connectivity index (χ0) is 9.52. The van der Waals surface area contributed by atoms with Crippen molar-refractivity contribution >= 4 is 11.3 Å². The van der Waals surface area contributed by atoms with E-state index < -0.39 is 0 Å². The minimum absolute atomic E-state index is 1.06. The Balaban J connectivity index is 2.14. The van der Waals surface area contributed by atoms with Gasteiger partial charge in [0, 0.05) is 24.5 Å². The van der Waals surface area contributed by atoms with Crippen molar-refractivity contribution in [2.24, 2.45) is 0 Å². The molecule has 0 atom stereocenters. The van der Waals surface area contributed by atoms with Gasteiger partial charge in [-0.15, -0.1) is 11.3 Å². The standard InChI is InChI=1S/C10H18N2S/c1-3-11-6-7-12(2)9-10-5-4-8-13-10/h4-5,8,11H,3,6-7,9H2,1-2H3. The maximum atomic E-state index is 3.32. The van der Waals surface area contributed by atoms with E-state index in [9.17, 15) is 0 Å². The number of thiophene rings is 1. The van der Waals surface area contributed by atoms with E-state index in [1.807, 2.05) is 11.3 Å². The van der Waals surface area contributed by atoms with Crippen LogP contribution < -0.4 is 5.32 Å². The molecule has 1 aromatic rings. The van der Waals surface area contributed by atoms with E-state index in [1.165, 1.54) is 4.88 Å². The Labute approximate surface area is 84.6 Å². The van der Waals surface area contributed by atoms with Crippen LogP contribution in [0.2, 0.25) is 0 Å². The smallest absolute Gasteiger partial charge is 0.0325 e. The van der Waals surface area contributed by atoms with Crippen LogP contribution in [0.15, 0.2) is 17.5 Å². The van der Waals surface area contributed by atoms with E-state index >= 15 is 0 Å². The zero-order valence-electron chi connectivity index (χ0n) is 8.42. The monoisotopic (exact) mass is 198 g/mol. The molecule has 2 nitrogen and oxygen atoms in total. The molecule has 0 spiro atoms. The van der Waals surface area contributed by atoms with Gasteiger partial charge in [-0.3, -0.25) is 0 Å². The fraction of sp³-hybridized carbons (Fsp3) is 0.600. The Bertz CT molecular complexity index is 209. The first-order valence-corrected chi connectivity index (χ1v) is 5.62. The Kier molecular flexibility index (Phi) is 5.05. The van der Waals surface area contributed by atoms with Gasteiger partial charge in [0.25, 0.3) is 0 Å². The Morgan fingerprint density at radius 3 is 3.00 bits per heavy atom. The summed E-state index contributed by atoms with van der Waals surface area (Å²) in [5.74, 6) is 0. The van der Waals surface area contributed by atoms with Crippen molar-refractivity contribution in [3.05, 3.63) is 22.4 Å². The first-order valence-electron chi connectivity index (χ1n) is 4.74. The molecule has 0 aliphatic carbocycles. The van der Waals surface area contributed by atoms with Crippen molar-refractivity contribution < 1.29 is 0 Å². The highest BCUT2D eigenvalue weighted by atomic mass is 32.1. The third-order valence-corrected chi connectivity index (χ3v) is 2.79. The van der Waals surface area contributed by atoms with Crippen LogP contribution in [0.5, 0.6) is 0 Å². The predicted molar refractivity (Wildman–Crippen MR) is 59.2 cm³/mol. The molecule has 0 aliphatic heterocycles. The molecule has 13 heavy (non-hydrogen) atoms. The van der Waals surface area contributed by atoms with Gasteiger partial charge in [0.2, 0.25) is 0 Å². The van der Waals surface area contributed by atoms with E-state index in [-0.39, 0.29) is 0 Å². The van der Waals surface area contributed by atoms with Gasteiger partial charge in [-0.1, -0.05) is 13.0 Å². The first-order chi connectivity index (χ1) is 6.33. The fourth-order valence-corrected chi connectivity index (χ4v) is 1.98. The minimum atomic E-state index is 1.06. The van der Waals surface area contributed by atoms with Crippen molar-refractivity contribution in [1.29, 1.82) is 0 Å². The molecule has 0 aliphatic rings. The van der Waals surface area contributed by atoms with Gasteiger partial charge in [0.1, 0.15) is 0 Å². The van der Waals surface area contributed by atoms with Crippen LogP contribution in [0.3, 0.4) is 0 Å². The lowest BCUT2D eigenvalue weighted by Crippen LogP contribution is -2.28. The van der Waals surface area contributed by atoms with Crippen molar-refractivity contribution in [3.63, 3.8) is 0 Å². The molecule has 74 valence electrons. The van der Waals surface area contributed by atoms with Crippen LogP contribution >= 0.6 is 11.3 Å². The Morgan fingerprint density at radius 2 is 2.38 bits per heavy atom. The number of hydrogen-bond acceptors (Lipinski definition) is 3. The van der Waals surface area contributed by atoms with Gasteiger partial charge in [-0.05, 0) is 25.0 Å². The number of nitrogens with zero attached hydrogens (tertiary/aromatic N) is 1. The van der Waals surface area contributed by atoms with E-state index in [0.29, 0.717) is 0 Å². The topological polar surface area (TPSA) is 15.3 Å². The van der Waals surface area contributed by atoms with E-state index in [1.54, 1.807) is 0 Å². The number of likely N-dealkylation sites (N-methyl/N-ethyl adjacent to an activating group) is 2. The van der Waals surface area contributed by atoms with E-state index in [2.05, 4.69) is 41.7 Å². The molecule has 0 amide bonds. The quantitative estimate of drug-likeness (QED) is 0.701. The summed E-state index contributed by atoms with van der Waals surface area (Å²) in [7, 11) is 2.16. The van der Waals surface area contributed by atoms with E-state index in [0.717, 1.165) is 26.2 Å². The second kappa shape index (κ2) is 6.13. The molecule has 1 N–H and O–H groups in total. The van der Waals surface area contributed by atoms with Crippen molar-refractivity contribution in [2.45, 2.75) is 13.5 Å². The highest BCUT2D eigenvalue weighted by Crippen LogP contribution is 2.10. The molecule has 0 radical (unpaired) electrons. The van der Waals surface area contributed by atoms with Gasteiger partial charge < -0.3 is 10.2 Å². The van der Waals surface area contributed by atoms with Gasteiger partial charge in [-0.2, -0.15) is 0 Å². The lowest BCUT2D eigenvalue weighted by atomic mass is 10.4. The van der Waals surface area contributed by atoms with Crippen LogP contribution in [0.25, 0.3) is 0 Å². The lowest BCUT2D eigenvalue weighted by molar-refractivity contribution is 0.328. The third-order valence-electron chi connectivity index (χ3n) is 1.93. The molecule has 0 aromatic carbocycles. The molecule has 0 unspecified atom stereocenters. The summed E-state index contributed by atoms with van der Waals surface area (Å²) in [6, 6.07) is 4.30. The van der Waals surface area contributed by atoms with Crippen LogP contribution in [0.4, 0.5) is 0 Å². The molecule has 1 aromatic heterocycles. The Morgan fingerprint density at radius 1 is 1.54 bits per heavy atom. The predicted octanol–water partition coefficient (Wildman–Crippen LogP) is 1.79. The molecule has 0 saturated carbocycles. The maximum Gasteiger partial charge on any atom is 0.0325 e. The molecular formula is C10H18N2S. The first kappa shape index (κ1) is 10.7. The van der Waals surface area contributed by atoms with Crippen molar-refractivity contribution in [1.82, 2.24) is 10.2 Å². The average molecular weight is 198 g/mol. The summed E-state index contributed by atoms with van der Waals surface area (Å²) in [5.41, 5.74) is 0. The number of hydrogen-bond donors (Lipinski definition) is 1. The van der Waals surface area contributed by atoms with Gasteiger partial charge in [-0.25, -0.2) is 0 Å². The summed E-state index contributed by atoms with van der Waals surface area (Å²) in [6.45, 7) is 6.47. The summed E-state index contributed by atoms with van der Waals surface area (Å²) >= 11 is 1.83. The largest absolute Gasteiger partial charge is 0.316 e. The number of nitrogens with one attached hydrogen (secondary N) is 1. The molecular weight excluding hydrogens is 180 g/mol. The summed E-state index contributed by atoms with van der Waals surface area (Å²) in [4.78, 5) is 3.79. The molecule has 0 fully saturated rings. The molecule has 0 bridgehead atoms. The van der Waals surface area contributed by atoms with E-state index in [4.69, 9.17) is 0 Å². The Hall–Kier alpha value is -0.380. The maximum absolute atomic E-state index is 3.32. The lowest BCUT2D eigenvalue weighted by Gasteiger charge is -2.15. The highest BCUT2D eigenvalue weighted by molar-refractivity contribution is 7.09. The van der Waals surface area contributed by atoms with Gasteiger partial charge >= 0.3 is 0 Å². The van der Waals surface area contributed by atoms with Gasteiger partial charge in [0.05, 0.1) is 0 Å². The number of rotatable bonds is 6. The summed E-state index contributed by atoms with van der Waals surface area (Å²) < 4.78 is 0. The zero-order valence-corrected chi connectivity index (χ0v) is 9.23. The van der Waals surface area contributed by atoms with Crippen LogP contribution in [0.1, 0.15) is 11.8 Å². The second-order valence-corrected chi connectivity index (χ2v) is 4.20. The normalized spacial score (nSPS) is 11.0.